The molecule has 6 heteroatoms. The van der Waals surface area contributed by atoms with Gasteiger partial charge in [-0.2, -0.15) is 9.37 Å². The number of rotatable bonds is 3. The molecule has 0 radical (unpaired) electrons. The van der Waals surface area contributed by atoms with Crippen molar-refractivity contribution >= 4 is 5.82 Å². The Balaban J connectivity index is 2.02. The lowest BCUT2D eigenvalue weighted by Gasteiger charge is -2.34. The third kappa shape index (κ3) is 2.11. The number of nitrogens with zero attached hydrogens (tertiary/aromatic N) is 1. The van der Waals surface area contributed by atoms with Crippen molar-refractivity contribution in [1.29, 1.82) is 0 Å². The quantitative estimate of drug-likeness (QED) is 0.810. The number of aromatic nitrogens is 1. The van der Waals surface area contributed by atoms with Gasteiger partial charge in [-0.05, 0) is 12.8 Å². The van der Waals surface area contributed by atoms with Gasteiger partial charge in [0, 0.05) is 19.2 Å². The maximum absolute atomic E-state index is 13.2. The summed E-state index contributed by atoms with van der Waals surface area (Å²) in [5.41, 5.74) is 0. The minimum atomic E-state index is -1.30. The molecule has 0 bridgehead atoms. The highest BCUT2D eigenvalue weighted by Gasteiger charge is 2.30. The lowest BCUT2D eigenvalue weighted by molar-refractivity contribution is 0.0327. The van der Waals surface area contributed by atoms with E-state index < -0.39 is 17.6 Å². The summed E-state index contributed by atoms with van der Waals surface area (Å²) in [5, 5.41) is 2.71. The van der Waals surface area contributed by atoms with E-state index in [4.69, 9.17) is 4.74 Å². The maximum atomic E-state index is 13.2. The van der Waals surface area contributed by atoms with E-state index in [1.807, 2.05) is 0 Å². The molecule has 16 heavy (non-hydrogen) atoms. The SMILES string of the molecule is COC1CC(Nc2nc(F)c(F)cc2F)C1. The smallest absolute Gasteiger partial charge is 0.251 e. The number of ether oxygens (including phenoxy) is 1. The third-order valence-corrected chi connectivity index (χ3v) is 2.66. The molecule has 1 aromatic rings. The molecule has 88 valence electrons. The van der Waals surface area contributed by atoms with Crippen LogP contribution in [0.15, 0.2) is 6.07 Å². The number of anilines is 1. The molecule has 1 aliphatic carbocycles. The number of methoxy groups -OCH3 is 1. The highest BCUT2D eigenvalue weighted by Crippen LogP contribution is 2.26. The predicted octanol–water partition coefficient (Wildman–Crippen LogP) is 2.09. The first-order valence-electron chi connectivity index (χ1n) is 4.91. The summed E-state index contributed by atoms with van der Waals surface area (Å²) < 4.78 is 43.5. The van der Waals surface area contributed by atoms with Crippen LogP contribution in [0, 0.1) is 17.6 Å². The van der Waals surface area contributed by atoms with Gasteiger partial charge in [-0.1, -0.05) is 0 Å². The van der Waals surface area contributed by atoms with Crippen LogP contribution in [-0.4, -0.2) is 24.2 Å². The molecular weight excluding hydrogens is 221 g/mol. The molecule has 1 fully saturated rings. The molecule has 0 saturated heterocycles. The Morgan fingerprint density at radius 2 is 2.00 bits per heavy atom. The van der Waals surface area contributed by atoms with Crippen LogP contribution < -0.4 is 5.32 Å². The maximum Gasteiger partial charge on any atom is 0.251 e. The standard InChI is InChI=1S/C10H11F3N2O/c1-16-6-2-5(3-6)14-10-8(12)4-7(11)9(13)15-10/h4-6H,2-3H2,1H3,(H,14,15). The highest BCUT2D eigenvalue weighted by atomic mass is 19.2. The Bertz CT molecular complexity index is 394. The van der Waals surface area contributed by atoms with Crippen LogP contribution in [0.25, 0.3) is 0 Å². The summed E-state index contributed by atoms with van der Waals surface area (Å²) in [4.78, 5) is 3.18. The first kappa shape index (κ1) is 11.2. The van der Waals surface area contributed by atoms with Crippen LogP contribution in [0.3, 0.4) is 0 Å². The van der Waals surface area contributed by atoms with E-state index in [0.717, 1.165) is 0 Å². The Morgan fingerprint density at radius 3 is 2.62 bits per heavy atom. The number of hydrogen-bond acceptors (Lipinski definition) is 3. The summed E-state index contributed by atoms with van der Waals surface area (Å²) in [5.74, 6) is -3.73. The number of halogens is 3. The zero-order chi connectivity index (χ0) is 11.7. The van der Waals surface area contributed by atoms with E-state index in [2.05, 4.69) is 10.3 Å². The van der Waals surface area contributed by atoms with Crippen molar-refractivity contribution in [2.45, 2.75) is 25.0 Å². The van der Waals surface area contributed by atoms with E-state index in [1.54, 1.807) is 7.11 Å². The molecule has 0 spiro atoms. The van der Waals surface area contributed by atoms with Crippen molar-refractivity contribution < 1.29 is 17.9 Å². The fourth-order valence-corrected chi connectivity index (χ4v) is 1.61. The molecule has 0 atom stereocenters. The summed E-state index contributed by atoms with van der Waals surface area (Å²) in [6, 6.07) is 0.480. The zero-order valence-corrected chi connectivity index (χ0v) is 8.64. The van der Waals surface area contributed by atoms with Crippen molar-refractivity contribution in [2.75, 3.05) is 12.4 Å². The fraction of sp³-hybridized carbons (Fsp3) is 0.500. The number of hydrogen-bond donors (Lipinski definition) is 1. The average molecular weight is 232 g/mol. The molecule has 0 unspecified atom stereocenters. The number of nitrogens with one attached hydrogen (secondary N) is 1. The second-order valence-corrected chi connectivity index (χ2v) is 3.76. The summed E-state index contributed by atoms with van der Waals surface area (Å²) >= 11 is 0. The van der Waals surface area contributed by atoms with Gasteiger partial charge >= 0.3 is 0 Å². The normalized spacial score (nSPS) is 24.0. The van der Waals surface area contributed by atoms with Gasteiger partial charge in [-0.25, -0.2) is 8.78 Å². The van der Waals surface area contributed by atoms with E-state index in [1.165, 1.54) is 0 Å². The summed E-state index contributed by atoms with van der Waals surface area (Å²) in [7, 11) is 1.59. The van der Waals surface area contributed by atoms with Crippen LogP contribution in [0.4, 0.5) is 19.0 Å². The molecular formula is C10H11F3N2O. The van der Waals surface area contributed by atoms with Gasteiger partial charge < -0.3 is 10.1 Å². The summed E-state index contributed by atoms with van der Waals surface area (Å²) in [6.07, 6.45) is 1.55. The van der Waals surface area contributed by atoms with Crippen LogP contribution in [-0.2, 0) is 4.74 Å². The predicted molar refractivity (Wildman–Crippen MR) is 51.6 cm³/mol. The van der Waals surface area contributed by atoms with E-state index >= 15 is 0 Å². The van der Waals surface area contributed by atoms with Gasteiger partial charge in [0.15, 0.2) is 17.5 Å². The largest absolute Gasteiger partial charge is 0.381 e. The van der Waals surface area contributed by atoms with Crippen LogP contribution in [0.2, 0.25) is 0 Å². The van der Waals surface area contributed by atoms with Gasteiger partial charge in [0.05, 0.1) is 6.10 Å². The van der Waals surface area contributed by atoms with Crippen molar-refractivity contribution in [3.8, 4) is 0 Å². The Kier molecular flexibility index (Phi) is 3.00. The minimum Gasteiger partial charge on any atom is -0.381 e. The van der Waals surface area contributed by atoms with Crippen molar-refractivity contribution in [3.63, 3.8) is 0 Å². The van der Waals surface area contributed by atoms with Crippen LogP contribution in [0.5, 0.6) is 0 Å². The third-order valence-electron chi connectivity index (χ3n) is 2.66. The minimum absolute atomic E-state index is 0.00295. The van der Waals surface area contributed by atoms with Gasteiger partial charge in [-0.3, -0.25) is 0 Å². The van der Waals surface area contributed by atoms with Crippen LogP contribution in [0.1, 0.15) is 12.8 Å². The Hall–Kier alpha value is -1.30. The number of pyridine rings is 1. The molecule has 1 aromatic heterocycles. The molecule has 3 nitrogen and oxygen atoms in total. The van der Waals surface area contributed by atoms with Crippen molar-refractivity contribution in [3.05, 3.63) is 23.6 Å². The van der Waals surface area contributed by atoms with Gasteiger partial charge in [0.2, 0.25) is 0 Å². The molecule has 0 aromatic carbocycles. The van der Waals surface area contributed by atoms with Gasteiger partial charge in [0.25, 0.3) is 5.95 Å². The lowest BCUT2D eigenvalue weighted by atomic mass is 9.89. The molecule has 2 rings (SSSR count). The Labute approximate surface area is 90.6 Å². The fourth-order valence-electron chi connectivity index (χ4n) is 1.61. The van der Waals surface area contributed by atoms with Crippen LogP contribution >= 0.6 is 0 Å². The first-order chi connectivity index (χ1) is 7.60. The first-order valence-corrected chi connectivity index (χ1v) is 4.91. The lowest BCUT2D eigenvalue weighted by Crippen LogP contribution is -2.40. The molecule has 0 amide bonds. The summed E-state index contributed by atoms with van der Waals surface area (Å²) in [6.45, 7) is 0. The molecule has 1 aliphatic rings. The van der Waals surface area contributed by atoms with E-state index in [9.17, 15) is 13.2 Å². The highest BCUT2D eigenvalue weighted by molar-refractivity contribution is 5.38. The molecule has 1 saturated carbocycles. The molecule has 1 N–H and O–H groups in total. The molecule has 0 aliphatic heterocycles. The second-order valence-electron chi connectivity index (χ2n) is 3.76. The van der Waals surface area contributed by atoms with Crippen molar-refractivity contribution in [1.82, 2.24) is 4.98 Å². The van der Waals surface area contributed by atoms with E-state index in [-0.39, 0.29) is 18.0 Å². The van der Waals surface area contributed by atoms with Crippen molar-refractivity contribution in [2.24, 2.45) is 0 Å². The second kappa shape index (κ2) is 4.29. The molecule has 1 heterocycles. The monoisotopic (exact) mass is 232 g/mol. The zero-order valence-electron chi connectivity index (χ0n) is 8.64. The van der Waals surface area contributed by atoms with Gasteiger partial charge in [-0.15, -0.1) is 0 Å². The average Bonchev–Trinajstić information content (AvgIpc) is 2.18. The topological polar surface area (TPSA) is 34.1 Å². The van der Waals surface area contributed by atoms with Gasteiger partial charge in [0.1, 0.15) is 0 Å². The Morgan fingerprint density at radius 1 is 1.31 bits per heavy atom. The van der Waals surface area contributed by atoms with E-state index in [0.29, 0.717) is 18.9 Å².